The van der Waals surface area contributed by atoms with Crippen LogP contribution in [0.4, 0.5) is 5.69 Å². The summed E-state index contributed by atoms with van der Waals surface area (Å²) in [6.07, 6.45) is 2.73. The lowest BCUT2D eigenvalue weighted by Gasteiger charge is -2.30. The van der Waals surface area contributed by atoms with E-state index < -0.39 is 10.0 Å². The van der Waals surface area contributed by atoms with E-state index in [-0.39, 0.29) is 11.8 Å². The Labute approximate surface area is 215 Å². The van der Waals surface area contributed by atoms with Crippen molar-refractivity contribution in [3.05, 3.63) is 77.9 Å². The van der Waals surface area contributed by atoms with Crippen molar-refractivity contribution in [1.29, 1.82) is 0 Å². The average Bonchev–Trinajstić information content (AvgIpc) is 2.90. The van der Waals surface area contributed by atoms with E-state index in [1.165, 1.54) is 4.31 Å². The number of nitrogens with zero attached hydrogens (tertiary/aromatic N) is 2. The minimum Gasteiger partial charge on any atom is -0.383 e. The fourth-order valence-corrected chi connectivity index (χ4v) is 6.31. The summed E-state index contributed by atoms with van der Waals surface area (Å²) < 4.78 is 27.8. The fraction of sp³-hybridized carbons (Fsp3) is 0.259. The van der Waals surface area contributed by atoms with Gasteiger partial charge in [-0.25, -0.2) is 8.42 Å². The summed E-state index contributed by atoms with van der Waals surface area (Å²) in [5.74, 6) is -0.233. The van der Waals surface area contributed by atoms with Gasteiger partial charge in [0.25, 0.3) is 0 Å². The molecule has 1 saturated heterocycles. The number of carbonyl (C=O) groups is 1. The molecule has 1 aromatic heterocycles. The number of rotatable bonds is 7. The number of carbonyl (C=O) groups excluding carboxylic acids is 1. The van der Waals surface area contributed by atoms with Crippen molar-refractivity contribution in [2.45, 2.75) is 17.7 Å². The molecule has 1 amide bonds. The molecule has 0 unspecified atom stereocenters. The average molecular weight is 523 g/mol. The second-order valence-electron chi connectivity index (χ2n) is 8.93. The molecule has 1 aliphatic rings. The molecule has 1 aliphatic heterocycles. The van der Waals surface area contributed by atoms with Crippen molar-refractivity contribution in [1.82, 2.24) is 14.6 Å². The zero-order valence-corrected chi connectivity index (χ0v) is 21.2. The Morgan fingerprint density at radius 2 is 1.75 bits per heavy atom. The topological polar surface area (TPSA) is 91.4 Å². The van der Waals surface area contributed by atoms with Crippen LogP contribution in [0.25, 0.3) is 21.7 Å². The first-order chi connectivity index (χ1) is 17.4. The van der Waals surface area contributed by atoms with E-state index in [4.69, 9.17) is 11.6 Å². The fourth-order valence-electron chi connectivity index (χ4n) is 4.64. The van der Waals surface area contributed by atoms with Gasteiger partial charge < -0.3 is 10.6 Å². The third-order valence-corrected chi connectivity index (χ3v) is 8.76. The molecule has 4 aromatic rings. The molecule has 1 fully saturated rings. The normalized spacial score (nSPS) is 15.2. The van der Waals surface area contributed by atoms with Crippen molar-refractivity contribution in [3.8, 4) is 0 Å². The number of piperidine rings is 1. The highest BCUT2D eigenvalue weighted by Crippen LogP contribution is 2.27. The standard InChI is InChI=1S/C27H27ClN4O3S/c28-22-6-8-24-25(9-12-29-26(24)18-22)30-13-14-31-27(33)20-10-15-32(16-11-20)36(34,35)23-7-5-19-3-1-2-4-21(19)17-23/h1-9,12,17-18,20H,10-11,13-16H2,(H,29,30)(H,31,33). The number of hydrogen-bond donors (Lipinski definition) is 2. The molecule has 0 spiro atoms. The van der Waals surface area contributed by atoms with E-state index >= 15 is 0 Å². The van der Waals surface area contributed by atoms with Crippen LogP contribution in [0, 0.1) is 5.92 Å². The van der Waals surface area contributed by atoms with E-state index in [2.05, 4.69) is 15.6 Å². The maximum absolute atomic E-state index is 13.2. The van der Waals surface area contributed by atoms with Gasteiger partial charge in [0.05, 0.1) is 10.4 Å². The zero-order valence-electron chi connectivity index (χ0n) is 19.7. The molecule has 7 nitrogen and oxygen atoms in total. The van der Waals surface area contributed by atoms with Crippen molar-refractivity contribution >= 4 is 54.9 Å². The molecular formula is C27H27ClN4O3S. The Balaban J connectivity index is 1.12. The first kappa shape index (κ1) is 24.5. The largest absolute Gasteiger partial charge is 0.383 e. The van der Waals surface area contributed by atoms with Crippen molar-refractivity contribution in [2.24, 2.45) is 5.92 Å². The number of amides is 1. The Kier molecular flexibility index (Phi) is 7.09. The van der Waals surface area contributed by atoms with E-state index in [0.717, 1.165) is 27.4 Å². The second kappa shape index (κ2) is 10.4. The van der Waals surface area contributed by atoms with Crippen molar-refractivity contribution in [3.63, 3.8) is 0 Å². The minimum atomic E-state index is -3.60. The van der Waals surface area contributed by atoms with Crippen LogP contribution in [-0.2, 0) is 14.8 Å². The molecule has 36 heavy (non-hydrogen) atoms. The Morgan fingerprint density at radius 3 is 2.56 bits per heavy atom. The summed E-state index contributed by atoms with van der Waals surface area (Å²) in [6.45, 7) is 1.68. The predicted molar refractivity (Wildman–Crippen MR) is 144 cm³/mol. The van der Waals surface area contributed by atoms with E-state index in [1.54, 1.807) is 18.3 Å². The highest BCUT2D eigenvalue weighted by molar-refractivity contribution is 7.89. The van der Waals surface area contributed by atoms with Gasteiger partial charge in [0.15, 0.2) is 0 Å². The molecule has 186 valence electrons. The number of fused-ring (bicyclic) bond motifs is 2. The van der Waals surface area contributed by atoms with Gasteiger partial charge >= 0.3 is 0 Å². The summed E-state index contributed by atoms with van der Waals surface area (Å²) in [5, 5.41) is 9.81. The molecule has 0 bridgehead atoms. The lowest BCUT2D eigenvalue weighted by atomic mass is 9.97. The number of sulfonamides is 1. The lowest BCUT2D eigenvalue weighted by molar-refractivity contribution is -0.126. The SMILES string of the molecule is O=C(NCCNc1ccnc2cc(Cl)ccc12)C1CCN(S(=O)(=O)c2ccc3ccccc3c2)CC1. The first-order valence-electron chi connectivity index (χ1n) is 12.0. The number of pyridine rings is 1. The van der Waals surface area contributed by atoms with Crippen LogP contribution >= 0.6 is 11.6 Å². The van der Waals surface area contributed by atoms with Crippen molar-refractivity contribution in [2.75, 3.05) is 31.5 Å². The third kappa shape index (κ3) is 5.16. The molecule has 0 atom stereocenters. The highest BCUT2D eigenvalue weighted by Gasteiger charge is 2.32. The summed E-state index contributed by atoms with van der Waals surface area (Å²) in [4.78, 5) is 17.3. The van der Waals surface area contributed by atoms with E-state index in [1.807, 2.05) is 54.6 Å². The van der Waals surface area contributed by atoms with E-state index in [0.29, 0.717) is 48.9 Å². The van der Waals surface area contributed by atoms with Gasteiger partial charge in [-0.1, -0.05) is 41.9 Å². The number of halogens is 1. The molecule has 9 heteroatoms. The Bertz CT molecular complexity index is 1520. The smallest absolute Gasteiger partial charge is 0.243 e. The third-order valence-electron chi connectivity index (χ3n) is 6.63. The summed E-state index contributed by atoms with van der Waals surface area (Å²) in [5.41, 5.74) is 1.74. The van der Waals surface area contributed by atoms with Crippen LogP contribution in [0.1, 0.15) is 12.8 Å². The second-order valence-corrected chi connectivity index (χ2v) is 11.3. The van der Waals surface area contributed by atoms with Crippen LogP contribution in [0.2, 0.25) is 5.02 Å². The molecular weight excluding hydrogens is 496 g/mol. The van der Waals surface area contributed by atoms with Crippen LogP contribution in [0.5, 0.6) is 0 Å². The molecule has 3 aromatic carbocycles. The Hall–Kier alpha value is -3.20. The summed E-state index contributed by atoms with van der Waals surface area (Å²) >= 11 is 6.05. The highest BCUT2D eigenvalue weighted by atomic mass is 35.5. The maximum Gasteiger partial charge on any atom is 0.243 e. The predicted octanol–water partition coefficient (Wildman–Crippen LogP) is 4.67. The van der Waals surface area contributed by atoms with Gasteiger partial charge in [-0.15, -0.1) is 0 Å². The summed E-state index contributed by atoms with van der Waals surface area (Å²) in [6, 6.07) is 20.4. The maximum atomic E-state index is 13.2. The van der Waals surface area contributed by atoms with Crippen molar-refractivity contribution < 1.29 is 13.2 Å². The molecule has 0 radical (unpaired) electrons. The van der Waals surface area contributed by atoms with Crippen LogP contribution in [-0.4, -0.2) is 49.8 Å². The number of hydrogen-bond acceptors (Lipinski definition) is 5. The van der Waals surface area contributed by atoms with Gasteiger partial charge in [-0.05, 0) is 60.0 Å². The first-order valence-corrected chi connectivity index (χ1v) is 13.8. The zero-order chi connectivity index (χ0) is 25.1. The van der Waals surface area contributed by atoms with Gasteiger partial charge in [0.1, 0.15) is 0 Å². The number of nitrogens with one attached hydrogen (secondary N) is 2. The quantitative estimate of drug-likeness (QED) is 0.344. The van der Waals surface area contributed by atoms with Crippen LogP contribution in [0.15, 0.2) is 77.8 Å². The van der Waals surface area contributed by atoms with Gasteiger partial charge in [-0.2, -0.15) is 4.31 Å². The minimum absolute atomic E-state index is 0.0362. The summed E-state index contributed by atoms with van der Waals surface area (Å²) in [7, 11) is -3.60. The molecule has 0 aliphatic carbocycles. The van der Waals surface area contributed by atoms with E-state index in [9.17, 15) is 13.2 Å². The lowest BCUT2D eigenvalue weighted by Crippen LogP contribution is -2.43. The number of anilines is 1. The monoisotopic (exact) mass is 522 g/mol. The van der Waals surface area contributed by atoms with Gasteiger partial charge in [0, 0.05) is 54.4 Å². The number of aromatic nitrogens is 1. The van der Waals surface area contributed by atoms with Gasteiger partial charge in [0.2, 0.25) is 15.9 Å². The van der Waals surface area contributed by atoms with Gasteiger partial charge in [-0.3, -0.25) is 9.78 Å². The molecule has 5 rings (SSSR count). The molecule has 2 N–H and O–H groups in total. The number of benzene rings is 3. The molecule has 2 heterocycles. The van der Waals surface area contributed by atoms with Crippen LogP contribution in [0.3, 0.4) is 0 Å². The molecule has 0 saturated carbocycles. The Morgan fingerprint density at radius 1 is 0.972 bits per heavy atom. The van der Waals surface area contributed by atoms with Crippen LogP contribution < -0.4 is 10.6 Å².